The molecule has 1 atom stereocenters. The molecular weight excluding hydrogens is 360 g/mol. The van der Waals surface area contributed by atoms with E-state index in [0.717, 1.165) is 67.9 Å². The largest absolute Gasteiger partial charge is 0.342 e. The van der Waals surface area contributed by atoms with Crippen molar-refractivity contribution < 1.29 is 0 Å². The van der Waals surface area contributed by atoms with E-state index in [2.05, 4.69) is 24.8 Å². The van der Waals surface area contributed by atoms with E-state index in [9.17, 15) is 4.79 Å². The molecule has 4 heterocycles. The van der Waals surface area contributed by atoms with Gasteiger partial charge in [0.1, 0.15) is 0 Å². The summed E-state index contributed by atoms with van der Waals surface area (Å²) in [6.45, 7) is 4.78. The van der Waals surface area contributed by atoms with Gasteiger partial charge in [-0.15, -0.1) is 0 Å². The first-order valence-electron chi connectivity index (χ1n) is 9.65. The Hall–Kier alpha value is -1.93. The summed E-state index contributed by atoms with van der Waals surface area (Å²) in [5.74, 6) is 1.04. The molecule has 0 aromatic carbocycles. The number of piperidine rings is 1. The lowest BCUT2D eigenvalue weighted by Gasteiger charge is -2.32. The van der Waals surface area contributed by atoms with Crippen LogP contribution in [0, 0.1) is 0 Å². The second-order valence-corrected chi connectivity index (χ2v) is 8.11. The fraction of sp³-hybridized carbons (Fsp3) is 0.579. The normalized spacial score (nSPS) is 20.9. The van der Waals surface area contributed by atoms with Crippen molar-refractivity contribution in [2.75, 3.05) is 37.3 Å². The molecule has 2 aromatic rings. The summed E-state index contributed by atoms with van der Waals surface area (Å²) in [5.41, 5.74) is 2.02. The van der Waals surface area contributed by atoms with Crippen molar-refractivity contribution in [3.05, 3.63) is 40.1 Å². The van der Waals surface area contributed by atoms with E-state index >= 15 is 0 Å². The summed E-state index contributed by atoms with van der Waals surface area (Å²) in [6, 6.07) is 1.68. The second-order valence-electron chi connectivity index (χ2n) is 7.34. The smallest absolute Gasteiger partial charge is 0.252 e. The third-order valence-corrected chi connectivity index (χ3v) is 5.92. The van der Waals surface area contributed by atoms with Gasteiger partial charge in [-0.3, -0.25) is 14.7 Å². The average Bonchev–Trinajstić information content (AvgIpc) is 3.23. The van der Waals surface area contributed by atoms with Crippen molar-refractivity contribution in [3.8, 4) is 0 Å². The molecule has 144 valence electrons. The fourth-order valence-corrected chi connectivity index (χ4v) is 4.30. The number of rotatable bonds is 5. The number of nitrogens with zero attached hydrogens (tertiary/aromatic N) is 5. The Morgan fingerprint density at radius 2 is 1.96 bits per heavy atom. The van der Waals surface area contributed by atoms with Crippen LogP contribution in [0.15, 0.2) is 28.4 Å². The third-order valence-electron chi connectivity index (χ3n) is 5.35. The summed E-state index contributed by atoms with van der Waals surface area (Å²) in [5, 5.41) is 0.803. The van der Waals surface area contributed by atoms with Crippen LogP contribution in [0.25, 0.3) is 0 Å². The van der Waals surface area contributed by atoms with Gasteiger partial charge in [-0.2, -0.15) is 0 Å². The van der Waals surface area contributed by atoms with Crippen LogP contribution < -0.4 is 10.5 Å². The molecule has 7 nitrogen and oxygen atoms in total. The van der Waals surface area contributed by atoms with E-state index in [0.29, 0.717) is 5.92 Å². The first kappa shape index (κ1) is 18.4. The van der Waals surface area contributed by atoms with E-state index in [4.69, 9.17) is 4.98 Å². The molecule has 2 aromatic heterocycles. The molecule has 0 radical (unpaired) electrons. The molecule has 4 rings (SSSR count). The van der Waals surface area contributed by atoms with Crippen molar-refractivity contribution in [3.63, 3.8) is 0 Å². The van der Waals surface area contributed by atoms with Crippen molar-refractivity contribution in [2.24, 2.45) is 0 Å². The zero-order valence-electron chi connectivity index (χ0n) is 15.7. The number of anilines is 1. The van der Waals surface area contributed by atoms with Gasteiger partial charge in [0.2, 0.25) is 5.95 Å². The van der Waals surface area contributed by atoms with E-state index in [1.165, 1.54) is 12.8 Å². The van der Waals surface area contributed by atoms with E-state index in [1.807, 2.05) is 18.6 Å². The predicted octanol–water partition coefficient (Wildman–Crippen LogP) is 2.26. The maximum atomic E-state index is 12.2. The van der Waals surface area contributed by atoms with Gasteiger partial charge >= 0.3 is 0 Å². The number of aromatic amines is 1. The van der Waals surface area contributed by atoms with Gasteiger partial charge in [0.15, 0.2) is 5.16 Å². The third kappa shape index (κ3) is 4.50. The standard InChI is InChI=1S/C19H26N6OS/c1-27-19-20-10-14(11-21-19)12-24-6-4-5-15(13-24)16-9-17(26)23-18(22-16)25-7-2-3-8-25/h9-11,15H,2-8,12-13H2,1H3,(H,22,23,26). The molecule has 27 heavy (non-hydrogen) atoms. The van der Waals surface area contributed by atoms with Gasteiger partial charge in [0.05, 0.1) is 5.69 Å². The number of thioether (sulfide) groups is 1. The number of hydrogen-bond donors (Lipinski definition) is 1. The Balaban J connectivity index is 1.46. The van der Waals surface area contributed by atoms with E-state index in [-0.39, 0.29) is 5.56 Å². The Labute approximate surface area is 163 Å². The van der Waals surface area contributed by atoms with Crippen molar-refractivity contribution in [2.45, 2.75) is 43.3 Å². The summed E-state index contributed by atoms with van der Waals surface area (Å²) < 4.78 is 0. The minimum atomic E-state index is -0.0416. The van der Waals surface area contributed by atoms with Crippen LogP contribution >= 0.6 is 11.8 Å². The highest BCUT2D eigenvalue weighted by Crippen LogP contribution is 2.27. The fourth-order valence-electron chi connectivity index (χ4n) is 3.98. The average molecular weight is 387 g/mol. The molecule has 0 spiro atoms. The van der Waals surface area contributed by atoms with Crippen molar-refractivity contribution in [1.29, 1.82) is 0 Å². The molecule has 0 saturated carbocycles. The molecule has 2 aliphatic rings. The van der Waals surface area contributed by atoms with Crippen LogP contribution in [0.4, 0.5) is 5.95 Å². The number of aromatic nitrogens is 4. The number of H-pyrrole nitrogens is 1. The van der Waals surface area contributed by atoms with E-state index < -0.39 is 0 Å². The van der Waals surface area contributed by atoms with Gasteiger partial charge in [-0.1, -0.05) is 11.8 Å². The molecule has 0 amide bonds. The van der Waals surface area contributed by atoms with Crippen LogP contribution in [0.1, 0.15) is 42.9 Å². The summed E-state index contributed by atoms with van der Waals surface area (Å²) in [7, 11) is 0. The Kier molecular flexibility index (Phi) is 5.73. The minimum Gasteiger partial charge on any atom is -0.342 e. The lowest BCUT2D eigenvalue weighted by atomic mass is 9.94. The first-order chi connectivity index (χ1) is 13.2. The first-order valence-corrected chi connectivity index (χ1v) is 10.9. The Bertz CT molecular complexity index is 818. The van der Waals surface area contributed by atoms with Crippen LogP contribution in [0.5, 0.6) is 0 Å². The maximum Gasteiger partial charge on any atom is 0.252 e. The van der Waals surface area contributed by atoms with Gasteiger partial charge in [0, 0.05) is 56.1 Å². The molecule has 2 saturated heterocycles. The van der Waals surface area contributed by atoms with Crippen LogP contribution in [0.3, 0.4) is 0 Å². The highest BCUT2D eigenvalue weighted by atomic mass is 32.2. The maximum absolute atomic E-state index is 12.2. The second kappa shape index (κ2) is 8.39. The summed E-state index contributed by atoms with van der Waals surface area (Å²) in [4.78, 5) is 33.3. The Morgan fingerprint density at radius 3 is 2.70 bits per heavy atom. The van der Waals surface area contributed by atoms with Crippen LogP contribution in [-0.2, 0) is 6.54 Å². The summed E-state index contributed by atoms with van der Waals surface area (Å²) >= 11 is 1.55. The molecule has 0 aliphatic carbocycles. The van der Waals surface area contributed by atoms with Crippen molar-refractivity contribution in [1.82, 2.24) is 24.8 Å². The SMILES string of the molecule is CSc1ncc(CN2CCCC(c3cc(=O)[nH]c(N4CCCC4)n3)C2)cn1. The zero-order chi connectivity index (χ0) is 18.6. The number of nitrogens with one attached hydrogen (secondary N) is 1. The van der Waals surface area contributed by atoms with Crippen molar-refractivity contribution >= 4 is 17.7 Å². The molecule has 1 N–H and O–H groups in total. The number of hydrogen-bond acceptors (Lipinski definition) is 7. The van der Waals surface area contributed by atoms with Gasteiger partial charge in [0.25, 0.3) is 5.56 Å². The molecule has 1 unspecified atom stereocenters. The quantitative estimate of drug-likeness (QED) is 0.624. The Morgan fingerprint density at radius 1 is 1.19 bits per heavy atom. The van der Waals surface area contributed by atoms with Crippen LogP contribution in [-0.4, -0.2) is 57.3 Å². The molecule has 2 aliphatic heterocycles. The molecule has 0 bridgehead atoms. The lowest BCUT2D eigenvalue weighted by Crippen LogP contribution is -2.35. The summed E-state index contributed by atoms with van der Waals surface area (Å²) in [6.07, 6.45) is 10.3. The van der Waals surface area contributed by atoms with Gasteiger partial charge < -0.3 is 4.90 Å². The van der Waals surface area contributed by atoms with Crippen LogP contribution in [0.2, 0.25) is 0 Å². The highest BCUT2D eigenvalue weighted by Gasteiger charge is 2.24. The molecule has 2 fully saturated rings. The monoisotopic (exact) mass is 386 g/mol. The zero-order valence-corrected chi connectivity index (χ0v) is 16.5. The number of likely N-dealkylation sites (tertiary alicyclic amines) is 1. The topological polar surface area (TPSA) is 78.0 Å². The highest BCUT2D eigenvalue weighted by molar-refractivity contribution is 7.98. The van der Waals surface area contributed by atoms with Gasteiger partial charge in [-0.25, -0.2) is 15.0 Å². The predicted molar refractivity (Wildman–Crippen MR) is 107 cm³/mol. The minimum absolute atomic E-state index is 0.0416. The lowest BCUT2D eigenvalue weighted by molar-refractivity contribution is 0.198. The molecule has 8 heteroatoms. The van der Waals surface area contributed by atoms with Gasteiger partial charge in [-0.05, 0) is 38.5 Å². The molecular formula is C19H26N6OS. The van der Waals surface area contributed by atoms with E-state index in [1.54, 1.807) is 17.8 Å².